The van der Waals surface area contributed by atoms with Crippen molar-refractivity contribution in [2.24, 2.45) is 10.8 Å². The van der Waals surface area contributed by atoms with Crippen molar-refractivity contribution in [1.82, 2.24) is 19.5 Å². The number of alkyl halides is 1. The third-order valence-corrected chi connectivity index (χ3v) is 5.63. The zero-order valence-electron chi connectivity index (χ0n) is 20.3. The minimum absolute atomic E-state index is 0.118. The average molecular weight is 496 g/mol. The summed E-state index contributed by atoms with van der Waals surface area (Å²) < 4.78 is 18.5. The molecule has 1 saturated heterocycles. The Labute approximate surface area is 202 Å². The molecule has 0 aromatic carbocycles. The topological polar surface area (TPSA) is 135 Å². The first-order valence-corrected chi connectivity index (χ1v) is 11.3. The minimum Gasteiger partial charge on any atom is -0.462 e. The summed E-state index contributed by atoms with van der Waals surface area (Å²) >= 11 is 6.58. The molecule has 2 aromatic rings. The number of hydrogen-bond donors (Lipinski definition) is 1. The van der Waals surface area contributed by atoms with E-state index in [-0.39, 0.29) is 18.3 Å². The number of imidazole rings is 1. The van der Waals surface area contributed by atoms with Crippen molar-refractivity contribution in [2.45, 2.75) is 72.3 Å². The van der Waals surface area contributed by atoms with Crippen molar-refractivity contribution in [3.63, 3.8) is 0 Å². The number of rotatable bonds is 5. The van der Waals surface area contributed by atoms with Crippen LogP contribution in [0, 0.1) is 10.8 Å². The van der Waals surface area contributed by atoms with Gasteiger partial charge in [0.25, 0.3) is 0 Å². The Morgan fingerprint density at radius 1 is 1.12 bits per heavy atom. The second-order valence-corrected chi connectivity index (χ2v) is 10.7. The van der Waals surface area contributed by atoms with E-state index in [2.05, 4.69) is 20.3 Å². The number of halogens is 1. The van der Waals surface area contributed by atoms with Gasteiger partial charge in [-0.1, -0.05) is 20.8 Å². The van der Waals surface area contributed by atoms with Gasteiger partial charge in [-0.25, -0.2) is 15.0 Å². The molecule has 0 spiro atoms. The van der Waals surface area contributed by atoms with Crippen LogP contribution in [0.3, 0.4) is 0 Å². The van der Waals surface area contributed by atoms with Crippen LogP contribution in [0.15, 0.2) is 12.7 Å². The number of anilines is 1. The first-order valence-electron chi connectivity index (χ1n) is 10.8. The Morgan fingerprint density at radius 2 is 1.79 bits per heavy atom. The van der Waals surface area contributed by atoms with Gasteiger partial charge in [-0.2, -0.15) is 0 Å². The number of nitrogens with one attached hydrogen (secondary N) is 1. The van der Waals surface area contributed by atoms with Crippen LogP contribution in [0.25, 0.3) is 11.2 Å². The van der Waals surface area contributed by atoms with Crippen molar-refractivity contribution < 1.29 is 28.6 Å². The van der Waals surface area contributed by atoms with Crippen LogP contribution in [0.5, 0.6) is 0 Å². The lowest BCUT2D eigenvalue weighted by molar-refractivity contribution is -0.158. The molecular weight excluding hydrogens is 466 g/mol. The number of carbonyl (C=O) groups is 3. The monoisotopic (exact) mass is 495 g/mol. The quantitative estimate of drug-likeness (QED) is 0.490. The van der Waals surface area contributed by atoms with Crippen LogP contribution in [-0.2, 0) is 28.6 Å². The highest BCUT2D eigenvalue weighted by Crippen LogP contribution is 2.37. The fourth-order valence-electron chi connectivity index (χ4n) is 3.17. The van der Waals surface area contributed by atoms with Gasteiger partial charge in [0.15, 0.2) is 29.3 Å². The van der Waals surface area contributed by atoms with E-state index in [1.165, 1.54) is 19.6 Å². The Kier molecular flexibility index (Phi) is 7.18. The molecule has 1 unspecified atom stereocenters. The van der Waals surface area contributed by atoms with Crippen molar-refractivity contribution in [3.8, 4) is 0 Å². The van der Waals surface area contributed by atoms with Gasteiger partial charge in [0.05, 0.1) is 11.7 Å². The van der Waals surface area contributed by atoms with Crippen LogP contribution in [0.2, 0.25) is 0 Å². The molecule has 1 fully saturated rings. The van der Waals surface area contributed by atoms with Crippen LogP contribution < -0.4 is 5.32 Å². The summed E-state index contributed by atoms with van der Waals surface area (Å²) in [4.78, 5) is 49.2. The van der Waals surface area contributed by atoms with Crippen LogP contribution >= 0.6 is 11.6 Å². The molecule has 34 heavy (non-hydrogen) atoms. The summed E-state index contributed by atoms with van der Waals surface area (Å²) in [6.07, 6.45) is 0.186. The van der Waals surface area contributed by atoms with E-state index >= 15 is 0 Å². The number of esters is 2. The maximum absolute atomic E-state index is 12.5. The van der Waals surface area contributed by atoms with E-state index in [4.69, 9.17) is 25.8 Å². The molecule has 1 amide bonds. The predicted molar refractivity (Wildman–Crippen MR) is 123 cm³/mol. The highest BCUT2D eigenvalue weighted by molar-refractivity contribution is 6.21. The minimum atomic E-state index is -0.905. The maximum Gasteiger partial charge on any atom is 0.311 e. The van der Waals surface area contributed by atoms with Crippen molar-refractivity contribution >= 4 is 46.4 Å². The fraction of sp³-hybridized carbons (Fsp3) is 0.636. The lowest BCUT2D eigenvalue weighted by Crippen LogP contribution is -2.34. The molecule has 0 bridgehead atoms. The Hall–Kier alpha value is -2.79. The second kappa shape index (κ2) is 9.46. The molecular formula is C22H30ClN5O6. The van der Waals surface area contributed by atoms with Crippen LogP contribution in [-0.4, -0.2) is 61.6 Å². The van der Waals surface area contributed by atoms with E-state index < -0.39 is 46.6 Å². The number of aromatic nitrogens is 4. The number of hydrogen-bond acceptors (Lipinski definition) is 9. The molecule has 1 aliphatic rings. The molecule has 0 saturated carbocycles. The Bertz CT molecular complexity index is 1090. The molecule has 4 atom stereocenters. The SMILES string of the molecule is CC(=O)O[C@H]1C(n2cnc3c(NC(=O)C(C)(C)C)ncnc32)O[C@H](COC(=O)C(C)(C)C)[C@@H]1Cl. The molecule has 0 radical (unpaired) electrons. The molecule has 2 aromatic heterocycles. The highest BCUT2D eigenvalue weighted by Gasteiger charge is 2.48. The molecule has 3 heterocycles. The number of nitrogens with zero attached hydrogens (tertiary/aromatic N) is 4. The van der Waals surface area contributed by atoms with Gasteiger partial charge in [-0.3, -0.25) is 19.0 Å². The van der Waals surface area contributed by atoms with Gasteiger partial charge in [-0.15, -0.1) is 11.6 Å². The van der Waals surface area contributed by atoms with E-state index in [0.29, 0.717) is 11.2 Å². The standard InChI is InChI=1S/C22H30ClN5O6/c1-11(29)33-15-13(23)12(8-32-20(31)22(5,6)7)34-18(15)28-10-26-14-16(24-9-25-17(14)28)27-19(30)21(2,3)4/h9-10,12-13,15,18H,8H2,1-7H3,(H,24,25,27,30)/t12-,13+,15-,18?/m1/s1. The molecule has 3 rings (SSSR count). The number of amides is 1. The largest absolute Gasteiger partial charge is 0.462 e. The fourth-order valence-corrected chi connectivity index (χ4v) is 3.48. The van der Waals surface area contributed by atoms with Gasteiger partial charge >= 0.3 is 11.9 Å². The predicted octanol–water partition coefficient (Wildman–Crippen LogP) is 2.84. The lowest BCUT2D eigenvalue weighted by Gasteiger charge is -2.21. The molecule has 11 nitrogen and oxygen atoms in total. The van der Waals surface area contributed by atoms with E-state index in [1.807, 2.05) is 0 Å². The van der Waals surface area contributed by atoms with Gasteiger partial charge in [0.1, 0.15) is 24.4 Å². The van der Waals surface area contributed by atoms with E-state index in [1.54, 1.807) is 46.1 Å². The average Bonchev–Trinajstić information content (AvgIpc) is 3.27. The molecule has 1 N–H and O–H groups in total. The first-order chi connectivity index (χ1) is 15.7. The van der Waals surface area contributed by atoms with Crippen molar-refractivity contribution in [2.75, 3.05) is 11.9 Å². The van der Waals surface area contributed by atoms with E-state index in [9.17, 15) is 14.4 Å². The summed E-state index contributed by atoms with van der Waals surface area (Å²) in [6.45, 7) is 11.7. The maximum atomic E-state index is 12.5. The number of carbonyl (C=O) groups excluding carboxylic acids is 3. The molecule has 0 aliphatic carbocycles. The first kappa shape index (κ1) is 25.8. The molecule has 12 heteroatoms. The zero-order chi connectivity index (χ0) is 25.4. The van der Waals surface area contributed by atoms with Gasteiger partial charge in [0.2, 0.25) is 5.91 Å². The van der Waals surface area contributed by atoms with Gasteiger partial charge in [-0.05, 0) is 20.8 Å². The Morgan fingerprint density at radius 3 is 2.38 bits per heavy atom. The summed E-state index contributed by atoms with van der Waals surface area (Å²) in [5, 5.41) is 1.96. The van der Waals surface area contributed by atoms with Crippen LogP contribution in [0.4, 0.5) is 5.82 Å². The lowest BCUT2D eigenvalue weighted by atomic mass is 9.96. The smallest absolute Gasteiger partial charge is 0.311 e. The van der Waals surface area contributed by atoms with Gasteiger partial charge in [0, 0.05) is 12.3 Å². The summed E-state index contributed by atoms with van der Waals surface area (Å²) in [5.41, 5.74) is -0.657. The summed E-state index contributed by atoms with van der Waals surface area (Å²) in [6, 6.07) is 0. The second-order valence-electron chi connectivity index (χ2n) is 10.2. The zero-order valence-corrected chi connectivity index (χ0v) is 21.0. The third kappa shape index (κ3) is 5.47. The highest BCUT2D eigenvalue weighted by atomic mass is 35.5. The van der Waals surface area contributed by atoms with Gasteiger partial charge < -0.3 is 19.5 Å². The normalized spacial score (nSPS) is 23.1. The number of fused-ring (bicyclic) bond motifs is 1. The van der Waals surface area contributed by atoms with Crippen LogP contribution in [0.1, 0.15) is 54.7 Å². The van der Waals surface area contributed by atoms with E-state index in [0.717, 1.165) is 0 Å². The van der Waals surface area contributed by atoms with Crippen molar-refractivity contribution in [1.29, 1.82) is 0 Å². The third-order valence-electron chi connectivity index (χ3n) is 5.10. The molecule has 186 valence electrons. The Balaban J connectivity index is 1.91. The molecule has 1 aliphatic heterocycles. The summed E-state index contributed by atoms with van der Waals surface area (Å²) in [7, 11) is 0. The summed E-state index contributed by atoms with van der Waals surface area (Å²) in [5.74, 6) is -0.955. The van der Waals surface area contributed by atoms with Crippen molar-refractivity contribution in [3.05, 3.63) is 12.7 Å². The number of ether oxygens (including phenoxy) is 3.